The van der Waals surface area contributed by atoms with E-state index in [1.165, 1.54) is 0 Å². The number of benzene rings is 1. The number of hydrogen-bond acceptors (Lipinski definition) is 4. The van der Waals surface area contributed by atoms with E-state index >= 15 is 0 Å². The van der Waals surface area contributed by atoms with Crippen molar-refractivity contribution in [1.29, 1.82) is 0 Å². The van der Waals surface area contributed by atoms with Crippen LogP contribution in [-0.4, -0.2) is 35.6 Å². The van der Waals surface area contributed by atoms with Gasteiger partial charge in [-0.25, -0.2) is 4.98 Å². The Morgan fingerprint density at radius 3 is 2.90 bits per heavy atom. The molecule has 0 amide bonds. The van der Waals surface area contributed by atoms with Gasteiger partial charge in [0, 0.05) is 37.8 Å². The Labute approximate surface area is 119 Å². The molecule has 4 nitrogen and oxygen atoms in total. The van der Waals surface area contributed by atoms with Gasteiger partial charge in [-0.05, 0) is 26.0 Å². The van der Waals surface area contributed by atoms with E-state index < -0.39 is 0 Å². The van der Waals surface area contributed by atoms with Crippen LogP contribution < -0.4 is 5.32 Å². The monoisotopic (exact) mass is 271 g/mol. The summed E-state index contributed by atoms with van der Waals surface area (Å²) in [5.74, 6) is 1.65. The predicted molar refractivity (Wildman–Crippen MR) is 79.4 cm³/mol. The van der Waals surface area contributed by atoms with E-state index in [4.69, 9.17) is 4.42 Å². The number of oxazole rings is 1. The first-order chi connectivity index (χ1) is 9.74. The second kappa shape index (κ2) is 5.77. The Kier molecular flexibility index (Phi) is 3.85. The molecule has 0 aliphatic carbocycles. The molecule has 0 radical (unpaired) electrons. The molecule has 1 fully saturated rings. The van der Waals surface area contributed by atoms with Crippen LogP contribution in [0.1, 0.15) is 18.4 Å². The Morgan fingerprint density at radius 1 is 1.35 bits per heavy atom. The fourth-order valence-corrected chi connectivity index (χ4v) is 2.59. The van der Waals surface area contributed by atoms with E-state index in [1.807, 2.05) is 37.3 Å². The van der Waals surface area contributed by atoms with Crippen LogP contribution in [0.5, 0.6) is 0 Å². The molecule has 1 atom stereocenters. The maximum absolute atomic E-state index is 5.82. The van der Waals surface area contributed by atoms with Crippen molar-refractivity contribution < 1.29 is 4.42 Å². The van der Waals surface area contributed by atoms with Crippen LogP contribution in [0.15, 0.2) is 34.7 Å². The summed E-state index contributed by atoms with van der Waals surface area (Å²) >= 11 is 0. The van der Waals surface area contributed by atoms with Crippen molar-refractivity contribution >= 4 is 0 Å². The fourth-order valence-electron chi connectivity index (χ4n) is 2.59. The zero-order chi connectivity index (χ0) is 13.9. The van der Waals surface area contributed by atoms with Crippen molar-refractivity contribution in [3.8, 4) is 11.5 Å². The highest BCUT2D eigenvalue weighted by molar-refractivity contribution is 5.53. The highest BCUT2D eigenvalue weighted by atomic mass is 16.4. The lowest BCUT2D eigenvalue weighted by atomic mass is 10.2. The van der Waals surface area contributed by atoms with Crippen LogP contribution in [0, 0.1) is 6.92 Å². The Hall–Kier alpha value is -1.65. The summed E-state index contributed by atoms with van der Waals surface area (Å²) in [4.78, 5) is 7.13. The first-order valence-corrected chi connectivity index (χ1v) is 7.20. The third-order valence-corrected chi connectivity index (χ3v) is 3.91. The molecule has 1 aliphatic rings. The quantitative estimate of drug-likeness (QED) is 0.931. The van der Waals surface area contributed by atoms with Crippen LogP contribution in [0.25, 0.3) is 11.5 Å². The van der Waals surface area contributed by atoms with E-state index in [-0.39, 0.29) is 0 Å². The third-order valence-electron chi connectivity index (χ3n) is 3.91. The van der Waals surface area contributed by atoms with Gasteiger partial charge >= 0.3 is 0 Å². The Morgan fingerprint density at radius 2 is 2.15 bits per heavy atom. The molecule has 2 heterocycles. The van der Waals surface area contributed by atoms with Gasteiger partial charge < -0.3 is 9.73 Å². The molecule has 1 saturated heterocycles. The summed E-state index contributed by atoms with van der Waals surface area (Å²) in [5, 5.41) is 3.41. The maximum atomic E-state index is 5.82. The smallest absolute Gasteiger partial charge is 0.226 e. The van der Waals surface area contributed by atoms with Gasteiger partial charge in [0.25, 0.3) is 0 Å². The van der Waals surface area contributed by atoms with Crippen LogP contribution >= 0.6 is 0 Å². The summed E-state index contributed by atoms with van der Waals surface area (Å²) in [5.41, 5.74) is 2.09. The average Bonchev–Trinajstić information content (AvgIpc) is 2.84. The first kappa shape index (κ1) is 13.3. The van der Waals surface area contributed by atoms with E-state index in [2.05, 4.69) is 22.1 Å². The molecule has 1 N–H and O–H groups in total. The van der Waals surface area contributed by atoms with Gasteiger partial charge in [0.2, 0.25) is 5.89 Å². The number of rotatable bonds is 3. The van der Waals surface area contributed by atoms with Crippen LogP contribution in [0.2, 0.25) is 0 Å². The molecule has 4 heteroatoms. The maximum Gasteiger partial charge on any atom is 0.226 e. The molecule has 20 heavy (non-hydrogen) atoms. The van der Waals surface area contributed by atoms with Crippen LogP contribution in [0.3, 0.4) is 0 Å². The van der Waals surface area contributed by atoms with E-state index in [9.17, 15) is 0 Å². The number of hydrogen-bond donors (Lipinski definition) is 1. The van der Waals surface area contributed by atoms with Gasteiger partial charge in [0.15, 0.2) is 0 Å². The largest absolute Gasteiger partial charge is 0.441 e. The normalized spacial score (nSPS) is 20.2. The number of nitrogens with zero attached hydrogens (tertiary/aromatic N) is 2. The van der Waals surface area contributed by atoms with Gasteiger partial charge in [-0.15, -0.1) is 0 Å². The van der Waals surface area contributed by atoms with Crippen molar-refractivity contribution in [1.82, 2.24) is 15.2 Å². The zero-order valence-electron chi connectivity index (χ0n) is 12.1. The number of piperazine rings is 1. The van der Waals surface area contributed by atoms with Crippen molar-refractivity contribution in [2.45, 2.75) is 26.4 Å². The predicted octanol–water partition coefficient (Wildman–Crippen LogP) is 2.44. The Bertz CT molecular complexity index is 564. The highest BCUT2D eigenvalue weighted by Crippen LogP contribution is 2.22. The standard InChI is InChI=1S/C16H21N3O/c1-12-10-17-8-9-19(12)11-15-13(2)20-16(18-15)14-6-4-3-5-7-14/h3-7,12,17H,8-11H2,1-2H3/t12-/m1/s1. The van der Waals surface area contributed by atoms with Crippen molar-refractivity contribution in [2.24, 2.45) is 0 Å². The molecule has 0 saturated carbocycles. The molecule has 0 unspecified atom stereocenters. The minimum atomic E-state index is 0.542. The van der Waals surface area contributed by atoms with Crippen molar-refractivity contribution in [3.05, 3.63) is 41.8 Å². The average molecular weight is 271 g/mol. The minimum absolute atomic E-state index is 0.542. The second-order valence-corrected chi connectivity index (χ2v) is 5.41. The van der Waals surface area contributed by atoms with Gasteiger partial charge in [0.05, 0.1) is 5.69 Å². The van der Waals surface area contributed by atoms with E-state index in [0.717, 1.165) is 49.1 Å². The molecule has 0 bridgehead atoms. The molecular weight excluding hydrogens is 250 g/mol. The lowest BCUT2D eigenvalue weighted by Gasteiger charge is -2.33. The van der Waals surface area contributed by atoms with Gasteiger partial charge in [0.1, 0.15) is 5.76 Å². The summed E-state index contributed by atoms with van der Waals surface area (Å²) in [7, 11) is 0. The SMILES string of the molecule is Cc1oc(-c2ccccc2)nc1CN1CCNC[C@H]1C. The fraction of sp³-hybridized carbons (Fsp3) is 0.438. The first-order valence-electron chi connectivity index (χ1n) is 7.20. The van der Waals surface area contributed by atoms with Gasteiger partial charge in [-0.2, -0.15) is 0 Å². The molecule has 106 valence electrons. The topological polar surface area (TPSA) is 41.3 Å². The van der Waals surface area contributed by atoms with Crippen LogP contribution in [-0.2, 0) is 6.54 Å². The zero-order valence-corrected chi connectivity index (χ0v) is 12.1. The second-order valence-electron chi connectivity index (χ2n) is 5.41. The molecule has 0 spiro atoms. The Balaban J connectivity index is 1.79. The summed E-state index contributed by atoms with van der Waals surface area (Å²) < 4.78 is 5.82. The minimum Gasteiger partial charge on any atom is -0.441 e. The van der Waals surface area contributed by atoms with E-state index in [1.54, 1.807) is 0 Å². The number of aryl methyl sites for hydroxylation is 1. The lowest BCUT2D eigenvalue weighted by Crippen LogP contribution is -2.49. The van der Waals surface area contributed by atoms with Crippen LogP contribution in [0.4, 0.5) is 0 Å². The molecular formula is C16H21N3O. The molecule has 2 aromatic rings. The number of nitrogens with one attached hydrogen (secondary N) is 1. The summed E-state index contributed by atoms with van der Waals surface area (Å²) in [6.07, 6.45) is 0. The summed E-state index contributed by atoms with van der Waals surface area (Å²) in [6.45, 7) is 8.27. The third kappa shape index (κ3) is 2.76. The molecule has 1 aromatic heterocycles. The van der Waals surface area contributed by atoms with Crippen molar-refractivity contribution in [3.63, 3.8) is 0 Å². The number of aromatic nitrogens is 1. The molecule has 1 aliphatic heterocycles. The molecule has 3 rings (SSSR count). The summed E-state index contributed by atoms with van der Waals surface area (Å²) in [6, 6.07) is 10.6. The lowest BCUT2D eigenvalue weighted by molar-refractivity contribution is 0.163. The highest BCUT2D eigenvalue weighted by Gasteiger charge is 2.21. The van der Waals surface area contributed by atoms with Gasteiger partial charge in [-0.3, -0.25) is 4.90 Å². The van der Waals surface area contributed by atoms with E-state index in [0.29, 0.717) is 6.04 Å². The van der Waals surface area contributed by atoms with Crippen molar-refractivity contribution in [2.75, 3.05) is 19.6 Å². The molecule has 1 aromatic carbocycles. The van der Waals surface area contributed by atoms with Gasteiger partial charge in [-0.1, -0.05) is 18.2 Å².